The highest BCUT2D eigenvalue weighted by Gasteiger charge is 2.21. The van der Waals surface area contributed by atoms with Crippen LogP contribution >= 0.6 is 0 Å². The minimum Gasteiger partial charge on any atom is -0.384 e. The van der Waals surface area contributed by atoms with Gasteiger partial charge >= 0.3 is 0 Å². The molecular weight excluding hydrogens is 240 g/mol. The lowest BCUT2D eigenvalue weighted by atomic mass is 9.96. The monoisotopic (exact) mass is 266 g/mol. The number of aliphatic hydroxyl groups is 1. The molecule has 108 valence electrons. The molecule has 0 spiro atoms. The molecule has 0 aliphatic carbocycles. The Morgan fingerprint density at radius 3 is 2.53 bits per heavy atom. The molecule has 0 fully saturated rings. The second-order valence-corrected chi connectivity index (χ2v) is 5.23. The Morgan fingerprint density at radius 2 is 1.89 bits per heavy atom. The summed E-state index contributed by atoms with van der Waals surface area (Å²) >= 11 is 0. The summed E-state index contributed by atoms with van der Waals surface area (Å²) in [5.74, 6) is 0. The van der Waals surface area contributed by atoms with E-state index in [2.05, 4.69) is 10.2 Å². The molecule has 1 unspecified atom stereocenters. The predicted octanol–water partition coefficient (Wildman–Crippen LogP) is 1.06. The van der Waals surface area contributed by atoms with E-state index in [0.717, 1.165) is 25.3 Å². The van der Waals surface area contributed by atoms with Crippen LogP contribution in [0, 0.1) is 0 Å². The lowest BCUT2D eigenvalue weighted by Crippen LogP contribution is -2.37. The molecule has 1 aromatic carbocycles. The fourth-order valence-corrected chi connectivity index (χ4v) is 1.72. The van der Waals surface area contributed by atoms with E-state index in [9.17, 15) is 5.11 Å². The lowest BCUT2D eigenvalue weighted by Gasteiger charge is -2.24. The molecule has 0 amide bonds. The topological polar surface area (TPSA) is 44.7 Å². The molecule has 0 saturated carbocycles. The summed E-state index contributed by atoms with van der Waals surface area (Å²) in [5.41, 5.74) is 0.0845. The second kappa shape index (κ2) is 8.27. The number of ether oxygens (including phenoxy) is 1. The van der Waals surface area contributed by atoms with Crippen molar-refractivity contribution in [2.24, 2.45) is 0 Å². The van der Waals surface area contributed by atoms with Crippen LogP contribution in [0.1, 0.15) is 12.5 Å². The van der Waals surface area contributed by atoms with Crippen LogP contribution in [0.2, 0.25) is 0 Å². The van der Waals surface area contributed by atoms with Crippen molar-refractivity contribution in [2.75, 3.05) is 46.9 Å². The van der Waals surface area contributed by atoms with Gasteiger partial charge in [0.25, 0.3) is 0 Å². The van der Waals surface area contributed by atoms with Gasteiger partial charge in [-0.1, -0.05) is 30.3 Å². The van der Waals surface area contributed by atoms with Crippen LogP contribution in [-0.2, 0) is 10.3 Å². The number of nitrogens with one attached hydrogen (secondary N) is 1. The van der Waals surface area contributed by atoms with Gasteiger partial charge in [-0.2, -0.15) is 0 Å². The summed E-state index contributed by atoms with van der Waals surface area (Å²) in [6.45, 7) is 5.43. The van der Waals surface area contributed by atoms with Crippen LogP contribution in [0.4, 0.5) is 0 Å². The normalized spacial score (nSPS) is 14.6. The van der Waals surface area contributed by atoms with E-state index in [0.29, 0.717) is 13.2 Å². The van der Waals surface area contributed by atoms with E-state index < -0.39 is 5.60 Å². The van der Waals surface area contributed by atoms with Crippen molar-refractivity contribution in [1.29, 1.82) is 0 Å². The number of rotatable bonds is 9. The molecule has 0 bridgehead atoms. The zero-order chi connectivity index (χ0) is 14.1. The average Bonchev–Trinajstić information content (AvgIpc) is 2.38. The molecule has 0 aromatic heterocycles. The Bertz CT molecular complexity index is 339. The van der Waals surface area contributed by atoms with E-state index in [1.807, 2.05) is 51.4 Å². The first kappa shape index (κ1) is 16.1. The highest BCUT2D eigenvalue weighted by atomic mass is 16.5. The summed E-state index contributed by atoms with van der Waals surface area (Å²) in [6, 6.07) is 9.71. The second-order valence-electron chi connectivity index (χ2n) is 5.23. The van der Waals surface area contributed by atoms with Crippen LogP contribution in [0.5, 0.6) is 0 Å². The highest BCUT2D eigenvalue weighted by molar-refractivity contribution is 5.21. The Balaban J connectivity index is 2.15. The van der Waals surface area contributed by atoms with Gasteiger partial charge in [0.1, 0.15) is 0 Å². The van der Waals surface area contributed by atoms with E-state index in [1.165, 1.54) is 0 Å². The van der Waals surface area contributed by atoms with Crippen LogP contribution in [0.15, 0.2) is 30.3 Å². The van der Waals surface area contributed by atoms with Crippen molar-refractivity contribution in [2.45, 2.75) is 12.5 Å². The average molecular weight is 266 g/mol. The summed E-state index contributed by atoms with van der Waals surface area (Å²) in [7, 11) is 4.05. The lowest BCUT2D eigenvalue weighted by molar-refractivity contribution is 0.0527. The summed E-state index contributed by atoms with van der Waals surface area (Å²) in [4.78, 5) is 2.09. The fourth-order valence-electron chi connectivity index (χ4n) is 1.72. The fraction of sp³-hybridized carbons (Fsp3) is 0.600. The van der Waals surface area contributed by atoms with Gasteiger partial charge in [0.05, 0.1) is 18.8 Å². The minimum atomic E-state index is -0.842. The van der Waals surface area contributed by atoms with Gasteiger partial charge in [-0.05, 0) is 26.6 Å². The Kier molecular flexibility index (Phi) is 7.02. The molecule has 1 atom stereocenters. The molecule has 4 nitrogen and oxygen atoms in total. The predicted molar refractivity (Wildman–Crippen MR) is 78.3 cm³/mol. The van der Waals surface area contributed by atoms with E-state index in [4.69, 9.17) is 4.74 Å². The first-order valence-electron chi connectivity index (χ1n) is 6.73. The number of hydrogen-bond donors (Lipinski definition) is 2. The smallest absolute Gasteiger partial charge is 0.0992 e. The first-order chi connectivity index (χ1) is 9.02. The number of hydrogen-bond acceptors (Lipinski definition) is 4. The molecule has 1 aromatic rings. The van der Waals surface area contributed by atoms with Crippen LogP contribution in [0.25, 0.3) is 0 Å². The van der Waals surface area contributed by atoms with Gasteiger partial charge in [0.2, 0.25) is 0 Å². The zero-order valence-corrected chi connectivity index (χ0v) is 12.2. The van der Waals surface area contributed by atoms with Gasteiger partial charge < -0.3 is 20.1 Å². The Labute approximate surface area is 116 Å². The van der Waals surface area contributed by atoms with Crippen molar-refractivity contribution >= 4 is 0 Å². The highest BCUT2D eigenvalue weighted by Crippen LogP contribution is 2.18. The molecule has 1 rings (SSSR count). The number of likely N-dealkylation sites (N-methyl/N-ethyl adjacent to an activating group) is 1. The standard InChI is InChI=1S/C15H26N2O2/c1-15(18,14-7-5-4-6-8-14)13-16-9-11-19-12-10-17(2)3/h4-8,16,18H,9-13H2,1-3H3. The van der Waals surface area contributed by atoms with Gasteiger partial charge in [-0.3, -0.25) is 0 Å². The molecule has 2 N–H and O–H groups in total. The van der Waals surface area contributed by atoms with Crippen molar-refractivity contribution < 1.29 is 9.84 Å². The third-order valence-electron chi connectivity index (χ3n) is 2.97. The van der Waals surface area contributed by atoms with Crippen LogP contribution in [-0.4, -0.2) is 56.9 Å². The molecule has 19 heavy (non-hydrogen) atoms. The molecule has 0 heterocycles. The maximum Gasteiger partial charge on any atom is 0.0992 e. The first-order valence-corrected chi connectivity index (χ1v) is 6.73. The molecule has 0 aliphatic rings. The molecule has 0 radical (unpaired) electrons. The maximum absolute atomic E-state index is 10.4. The third kappa shape index (κ3) is 6.68. The molecule has 0 aliphatic heterocycles. The Morgan fingerprint density at radius 1 is 1.21 bits per heavy atom. The molecule has 4 heteroatoms. The Hall–Kier alpha value is -0.940. The summed E-state index contributed by atoms with van der Waals surface area (Å²) in [6.07, 6.45) is 0. The van der Waals surface area contributed by atoms with E-state index in [1.54, 1.807) is 0 Å². The number of nitrogens with zero attached hydrogens (tertiary/aromatic N) is 1. The largest absolute Gasteiger partial charge is 0.384 e. The van der Waals surface area contributed by atoms with Gasteiger partial charge in [-0.25, -0.2) is 0 Å². The van der Waals surface area contributed by atoms with Crippen molar-refractivity contribution in [1.82, 2.24) is 10.2 Å². The van der Waals surface area contributed by atoms with Gasteiger partial charge in [0, 0.05) is 19.6 Å². The van der Waals surface area contributed by atoms with Crippen molar-refractivity contribution in [3.63, 3.8) is 0 Å². The SMILES string of the molecule is CN(C)CCOCCNCC(C)(O)c1ccccc1. The minimum absolute atomic E-state index is 0.522. The molecule has 0 saturated heterocycles. The zero-order valence-electron chi connectivity index (χ0n) is 12.2. The van der Waals surface area contributed by atoms with Gasteiger partial charge in [0.15, 0.2) is 0 Å². The van der Waals surface area contributed by atoms with Crippen molar-refractivity contribution in [3.8, 4) is 0 Å². The molecular formula is C15H26N2O2. The summed E-state index contributed by atoms with van der Waals surface area (Å²) < 4.78 is 5.48. The van der Waals surface area contributed by atoms with E-state index >= 15 is 0 Å². The quantitative estimate of drug-likeness (QED) is 0.656. The third-order valence-corrected chi connectivity index (χ3v) is 2.97. The van der Waals surface area contributed by atoms with E-state index in [-0.39, 0.29) is 0 Å². The van der Waals surface area contributed by atoms with Crippen molar-refractivity contribution in [3.05, 3.63) is 35.9 Å². The summed E-state index contributed by atoms with van der Waals surface area (Å²) in [5, 5.41) is 13.6. The van der Waals surface area contributed by atoms with Crippen LogP contribution < -0.4 is 5.32 Å². The number of benzene rings is 1. The van der Waals surface area contributed by atoms with Crippen LogP contribution in [0.3, 0.4) is 0 Å². The van der Waals surface area contributed by atoms with Gasteiger partial charge in [-0.15, -0.1) is 0 Å². The maximum atomic E-state index is 10.4.